The van der Waals surface area contributed by atoms with Crippen molar-refractivity contribution in [2.24, 2.45) is 0 Å². The number of nitrogens with zero attached hydrogens (tertiary/aromatic N) is 2. The number of aromatic nitrogens is 2. The number of hydrogen-bond acceptors (Lipinski definition) is 4. The van der Waals surface area contributed by atoms with Crippen LogP contribution in [0.1, 0.15) is 17.7 Å². The van der Waals surface area contributed by atoms with Crippen LogP contribution < -0.4 is 5.73 Å². The Kier molecular flexibility index (Phi) is 2.97. The summed E-state index contributed by atoms with van der Waals surface area (Å²) in [7, 11) is 0. The van der Waals surface area contributed by atoms with Gasteiger partial charge in [0.05, 0.1) is 0 Å². The highest BCUT2D eigenvalue weighted by Gasteiger charge is 2.04. The van der Waals surface area contributed by atoms with Crippen LogP contribution in [0.4, 0.5) is 5.82 Å². The van der Waals surface area contributed by atoms with E-state index < -0.39 is 0 Å². The smallest absolute Gasteiger partial charge is 0.191 e. The third-order valence-electron chi connectivity index (χ3n) is 2.31. The topological polar surface area (TPSA) is 64.9 Å². The molecule has 0 fully saturated rings. The lowest BCUT2D eigenvalue weighted by atomic mass is 10.1. The molecule has 0 saturated heterocycles. The van der Waals surface area contributed by atoms with Crippen LogP contribution in [0.25, 0.3) is 0 Å². The van der Waals surface area contributed by atoms with Crippen LogP contribution in [0.3, 0.4) is 0 Å². The summed E-state index contributed by atoms with van der Waals surface area (Å²) in [6.07, 6.45) is 2.83. The largest absolute Gasteiger partial charge is 0.379 e. The van der Waals surface area contributed by atoms with E-state index in [1.54, 1.807) is 0 Å². The van der Waals surface area contributed by atoms with Crippen LogP contribution in [0, 0.1) is 0 Å². The lowest BCUT2D eigenvalue weighted by molar-refractivity contribution is 0.304. The maximum Gasteiger partial charge on any atom is 0.191 e. The van der Waals surface area contributed by atoms with Crippen LogP contribution in [-0.2, 0) is 12.8 Å². The highest BCUT2D eigenvalue weighted by atomic mass is 16.6. The molecule has 1 aromatic carbocycles. The average molecular weight is 203 g/mol. The summed E-state index contributed by atoms with van der Waals surface area (Å²) in [6, 6.07) is 10.3. The zero-order valence-electron chi connectivity index (χ0n) is 8.39. The SMILES string of the molecule is Nc1nonc1CCCc1ccccc1. The highest BCUT2D eigenvalue weighted by Crippen LogP contribution is 2.10. The quantitative estimate of drug-likeness (QED) is 0.823. The van der Waals surface area contributed by atoms with Crippen molar-refractivity contribution in [3.63, 3.8) is 0 Å². The normalized spacial score (nSPS) is 10.4. The molecule has 0 saturated carbocycles. The van der Waals surface area contributed by atoms with E-state index in [0.717, 1.165) is 25.0 Å². The first-order chi connectivity index (χ1) is 7.36. The van der Waals surface area contributed by atoms with Crippen molar-refractivity contribution in [2.75, 3.05) is 5.73 Å². The number of benzene rings is 1. The molecule has 4 heteroatoms. The van der Waals surface area contributed by atoms with Gasteiger partial charge in [-0.2, -0.15) is 0 Å². The van der Waals surface area contributed by atoms with Crippen LogP contribution in [-0.4, -0.2) is 10.3 Å². The van der Waals surface area contributed by atoms with Gasteiger partial charge in [-0.15, -0.1) is 0 Å². The Hall–Kier alpha value is -1.84. The van der Waals surface area contributed by atoms with E-state index in [-0.39, 0.29) is 0 Å². The molecule has 1 heterocycles. The molecular formula is C11H13N3O. The first-order valence-corrected chi connectivity index (χ1v) is 4.97. The molecular weight excluding hydrogens is 190 g/mol. The van der Waals surface area contributed by atoms with Gasteiger partial charge in [0.1, 0.15) is 5.69 Å². The molecule has 2 rings (SSSR count). The van der Waals surface area contributed by atoms with Crippen molar-refractivity contribution in [1.82, 2.24) is 10.3 Å². The van der Waals surface area contributed by atoms with Crippen molar-refractivity contribution in [3.8, 4) is 0 Å². The molecule has 0 unspecified atom stereocenters. The Morgan fingerprint density at radius 3 is 2.53 bits per heavy atom. The van der Waals surface area contributed by atoms with Crippen molar-refractivity contribution < 1.29 is 4.63 Å². The lowest BCUT2D eigenvalue weighted by Crippen LogP contribution is -1.95. The molecule has 0 bridgehead atoms. The molecule has 78 valence electrons. The van der Waals surface area contributed by atoms with Gasteiger partial charge in [0.2, 0.25) is 0 Å². The second-order valence-electron chi connectivity index (χ2n) is 3.44. The van der Waals surface area contributed by atoms with Crippen LogP contribution >= 0.6 is 0 Å². The molecule has 0 aliphatic rings. The first-order valence-electron chi connectivity index (χ1n) is 4.97. The summed E-state index contributed by atoms with van der Waals surface area (Å²) in [5.74, 6) is 0.406. The molecule has 0 aliphatic carbocycles. The molecule has 2 aromatic rings. The Balaban J connectivity index is 1.83. The fourth-order valence-electron chi connectivity index (χ4n) is 1.49. The van der Waals surface area contributed by atoms with Gasteiger partial charge in [-0.05, 0) is 30.0 Å². The molecule has 0 aliphatic heterocycles. The minimum atomic E-state index is 0.406. The summed E-state index contributed by atoms with van der Waals surface area (Å²) >= 11 is 0. The second kappa shape index (κ2) is 4.59. The number of nitrogen functional groups attached to an aromatic ring is 1. The average Bonchev–Trinajstić information content (AvgIpc) is 2.66. The zero-order chi connectivity index (χ0) is 10.5. The third-order valence-corrected chi connectivity index (χ3v) is 2.31. The van der Waals surface area contributed by atoms with Gasteiger partial charge in [0.25, 0.3) is 0 Å². The predicted octanol–water partition coefficient (Wildman–Crippen LogP) is 1.83. The van der Waals surface area contributed by atoms with Crippen molar-refractivity contribution >= 4 is 5.82 Å². The van der Waals surface area contributed by atoms with Crippen LogP contribution in [0.2, 0.25) is 0 Å². The summed E-state index contributed by atoms with van der Waals surface area (Å²) in [5.41, 5.74) is 7.63. The predicted molar refractivity (Wildman–Crippen MR) is 57.2 cm³/mol. The number of aryl methyl sites for hydroxylation is 2. The number of rotatable bonds is 4. The maximum absolute atomic E-state index is 5.55. The van der Waals surface area contributed by atoms with Gasteiger partial charge < -0.3 is 5.73 Å². The fourth-order valence-corrected chi connectivity index (χ4v) is 1.49. The van der Waals surface area contributed by atoms with Gasteiger partial charge in [0.15, 0.2) is 5.82 Å². The van der Waals surface area contributed by atoms with Gasteiger partial charge in [-0.25, -0.2) is 4.63 Å². The Morgan fingerprint density at radius 1 is 1.07 bits per heavy atom. The molecule has 1 aromatic heterocycles. The Morgan fingerprint density at radius 2 is 1.87 bits per heavy atom. The standard InChI is InChI=1S/C11H13N3O/c12-11-10(13-15-14-11)8-4-7-9-5-2-1-3-6-9/h1-3,5-6H,4,7-8H2,(H2,12,14). The second-order valence-corrected chi connectivity index (χ2v) is 3.44. The number of nitrogens with two attached hydrogens (primary N) is 1. The Bertz CT molecular complexity index is 411. The molecule has 0 radical (unpaired) electrons. The summed E-state index contributed by atoms with van der Waals surface area (Å²) < 4.78 is 4.52. The molecule has 15 heavy (non-hydrogen) atoms. The molecule has 0 spiro atoms. The van der Waals surface area contributed by atoms with E-state index in [0.29, 0.717) is 5.82 Å². The van der Waals surface area contributed by atoms with Crippen molar-refractivity contribution in [3.05, 3.63) is 41.6 Å². The monoisotopic (exact) mass is 203 g/mol. The zero-order valence-corrected chi connectivity index (χ0v) is 8.39. The van der Waals surface area contributed by atoms with Crippen molar-refractivity contribution in [2.45, 2.75) is 19.3 Å². The first kappa shape index (κ1) is 9.71. The van der Waals surface area contributed by atoms with E-state index >= 15 is 0 Å². The van der Waals surface area contributed by atoms with Crippen LogP contribution in [0.15, 0.2) is 35.0 Å². The van der Waals surface area contributed by atoms with Crippen molar-refractivity contribution in [1.29, 1.82) is 0 Å². The molecule has 2 N–H and O–H groups in total. The van der Waals surface area contributed by atoms with Gasteiger partial charge in [-0.1, -0.05) is 35.5 Å². The van der Waals surface area contributed by atoms with Gasteiger partial charge >= 0.3 is 0 Å². The summed E-state index contributed by atoms with van der Waals surface area (Å²) in [6.45, 7) is 0. The molecule has 4 nitrogen and oxygen atoms in total. The fraction of sp³-hybridized carbons (Fsp3) is 0.273. The van der Waals surface area contributed by atoms with E-state index in [9.17, 15) is 0 Å². The number of anilines is 1. The van der Waals surface area contributed by atoms with Crippen LogP contribution in [0.5, 0.6) is 0 Å². The number of hydrogen-bond donors (Lipinski definition) is 1. The summed E-state index contributed by atoms with van der Waals surface area (Å²) in [4.78, 5) is 0. The van der Waals surface area contributed by atoms with Gasteiger partial charge in [-0.3, -0.25) is 0 Å². The lowest BCUT2D eigenvalue weighted by Gasteiger charge is -1.98. The maximum atomic E-state index is 5.55. The highest BCUT2D eigenvalue weighted by molar-refractivity contribution is 5.30. The van der Waals surface area contributed by atoms with E-state index in [1.807, 2.05) is 18.2 Å². The third kappa shape index (κ3) is 2.56. The van der Waals surface area contributed by atoms with Gasteiger partial charge in [0, 0.05) is 0 Å². The summed E-state index contributed by atoms with van der Waals surface area (Å²) in [5, 5.41) is 7.27. The van der Waals surface area contributed by atoms with E-state index in [2.05, 4.69) is 27.1 Å². The minimum Gasteiger partial charge on any atom is -0.379 e. The minimum absolute atomic E-state index is 0.406. The van der Waals surface area contributed by atoms with E-state index in [4.69, 9.17) is 5.73 Å². The molecule has 0 amide bonds. The molecule has 0 atom stereocenters. The Labute approximate surface area is 88.1 Å². The van der Waals surface area contributed by atoms with E-state index in [1.165, 1.54) is 5.56 Å².